The summed E-state index contributed by atoms with van der Waals surface area (Å²) < 4.78 is 0. The fourth-order valence-electron chi connectivity index (χ4n) is 4.18. The molecule has 1 aromatic rings. The minimum Gasteiger partial charge on any atom is -0.364 e. The Hall–Kier alpha value is -1.02. The fraction of sp³-hybridized carbons (Fsp3) is 0.647. The molecule has 2 heteroatoms. The number of nitrogens with two attached hydrogens (primary N) is 1. The lowest BCUT2D eigenvalue weighted by Gasteiger charge is -2.46. The van der Waals surface area contributed by atoms with Crippen molar-refractivity contribution in [3.05, 3.63) is 29.8 Å². The second kappa shape index (κ2) is 4.52. The summed E-state index contributed by atoms with van der Waals surface area (Å²) >= 11 is 0. The van der Waals surface area contributed by atoms with Crippen molar-refractivity contribution in [3.63, 3.8) is 0 Å². The van der Waals surface area contributed by atoms with E-state index in [4.69, 9.17) is 5.73 Å². The molecular weight excluding hydrogens is 232 g/mol. The van der Waals surface area contributed by atoms with Crippen molar-refractivity contribution in [3.8, 4) is 0 Å². The zero-order valence-electron chi connectivity index (χ0n) is 12.3. The zero-order valence-corrected chi connectivity index (χ0v) is 12.3. The van der Waals surface area contributed by atoms with E-state index in [1.807, 2.05) is 0 Å². The average molecular weight is 258 g/mol. The Morgan fingerprint density at radius 3 is 2.68 bits per heavy atom. The van der Waals surface area contributed by atoms with Gasteiger partial charge in [-0.25, -0.2) is 0 Å². The first-order chi connectivity index (χ1) is 9.06. The second-order valence-electron chi connectivity index (χ2n) is 7.15. The highest BCUT2D eigenvalue weighted by molar-refractivity contribution is 5.58. The van der Waals surface area contributed by atoms with Crippen LogP contribution < -0.4 is 10.6 Å². The van der Waals surface area contributed by atoms with Crippen LogP contribution in [0.4, 0.5) is 5.69 Å². The lowest BCUT2D eigenvalue weighted by atomic mass is 9.85. The maximum atomic E-state index is 6.24. The molecule has 0 spiro atoms. The Morgan fingerprint density at radius 1 is 1.21 bits per heavy atom. The fourth-order valence-corrected chi connectivity index (χ4v) is 4.18. The van der Waals surface area contributed by atoms with Crippen molar-refractivity contribution in [1.82, 2.24) is 0 Å². The van der Waals surface area contributed by atoms with Gasteiger partial charge in [0, 0.05) is 18.8 Å². The summed E-state index contributed by atoms with van der Waals surface area (Å²) in [6.45, 7) is 6.73. The Balaban J connectivity index is 1.98. The Kier molecular flexibility index (Phi) is 3.09. The van der Waals surface area contributed by atoms with Crippen LogP contribution in [-0.4, -0.2) is 18.6 Å². The van der Waals surface area contributed by atoms with Crippen molar-refractivity contribution in [2.24, 2.45) is 11.1 Å². The van der Waals surface area contributed by atoms with Crippen LogP contribution in [0.2, 0.25) is 0 Å². The summed E-state index contributed by atoms with van der Waals surface area (Å²) in [5, 5.41) is 0. The maximum absolute atomic E-state index is 6.24. The number of rotatable bonds is 2. The van der Waals surface area contributed by atoms with E-state index in [0.717, 1.165) is 6.54 Å². The zero-order chi connectivity index (χ0) is 13.5. The first kappa shape index (κ1) is 13.0. The van der Waals surface area contributed by atoms with Crippen LogP contribution in [0, 0.1) is 5.41 Å². The monoisotopic (exact) mass is 258 g/mol. The van der Waals surface area contributed by atoms with E-state index in [2.05, 4.69) is 43.0 Å². The third-order valence-corrected chi connectivity index (χ3v) is 5.14. The van der Waals surface area contributed by atoms with Crippen LogP contribution in [0.15, 0.2) is 24.3 Å². The molecule has 0 radical (unpaired) electrons. The summed E-state index contributed by atoms with van der Waals surface area (Å²) in [6, 6.07) is 8.90. The smallest absolute Gasteiger partial charge is 0.0529 e. The van der Waals surface area contributed by atoms with E-state index in [1.54, 1.807) is 0 Å². The lowest BCUT2D eigenvalue weighted by Crippen LogP contribution is -2.54. The number of nitrogens with zero attached hydrogens (tertiary/aromatic N) is 1. The molecule has 1 fully saturated rings. The molecule has 1 saturated carbocycles. The van der Waals surface area contributed by atoms with Gasteiger partial charge in [-0.1, -0.05) is 32.0 Å². The Morgan fingerprint density at radius 2 is 2.00 bits per heavy atom. The third kappa shape index (κ3) is 2.16. The molecule has 0 saturated heterocycles. The van der Waals surface area contributed by atoms with E-state index in [0.29, 0.717) is 5.41 Å². The third-order valence-electron chi connectivity index (χ3n) is 5.14. The quantitative estimate of drug-likeness (QED) is 0.881. The molecule has 1 aromatic carbocycles. The Bertz CT molecular complexity index is 466. The van der Waals surface area contributed by atoms with Crippen molar-refractivity contribution >= 4 is 5.69 Å². The van der Waals surface area contributed by atoms with Gasteiger partial charge in [0.1, 0.15) is 0 Å². The number of benzene rings is 1. The average Bonchev–Trinajstić information content (AvgIpc) is 2.75. The SMILES string of the molecule is CC1(C)CCC(CN)(N2CCCc3ccccc32)C1. The van der Waals surface area contributed by atoms with Crippen molar-refractivity contribution < 1.29 is 0 Å². The molecule has 1 atom stereocenters. The van der Waals surface area contributed by atoms with Crippen LogP contribution in [0.1, 0.15) is 45.1 Å². The van der Waals surface area contributed by atoms with Crippen LogP contribution in [0.25, 0.3) is 0 Å². The maximum Gasteiger partial charge on any atom is 0.0529 e. The normalized spacial score (nSPS) is 29.3. The molecule has 0 amide bonds. The summed E-state index contributed by atoms with van der Waals surface area (Å²) in [7, 11) is 0. The molecule has 1 aliphatic heterocycles. The number of hydrogen-bond acceptors (Lipinski definition) is 2. The first-order valence-electron chi connectivity index (χ1n) is 7.62. The van der Waals surface area contributed by atoms with Gasteiger partial charge in [0.05, 0.1) is 5.54 Å². The molecule has 2 N–H and O–H groups in total. The van der Waals surface area contributed by atoms with E-state index < -0.39 is 0 Å². The Labute approximate surface area is 117 Å². The van der Waals surface area contributed by atoms with Gasteiger partial charge in [-0.2, -0.15) is 0 Å². The predicted molar refractivity (Wildman–Crippen MR) is 81.5 cm³/mol. The summed E-state index contributed by atoms with van der Waals surface area (Å²) in [6.07, 6.45) is 6.24. The van der Waals surface area contributed by atoms with E-state index in [1.165, 1.54) is 49.9 Å². The van der Waals surface area contributed by atoms with Crippen LogP contribution >= 0.6 is 0 Å². The van der Waals surface area contributed by atoms with Crippen LogP contribution in [0.3, 0.4) is 0 Å². The van der Waals surface area contributed by atoms with E-state index in [9.17, 15) is 0 Å². The summed E-state index contributed by atoms with van der Waals surface area (Å²) in [4.78, 5) is 2.64. The molecule has 1 heterocycles. The molecule has 2 nitrogen and oxygen atoms in total. The topological polar surface area (TPSA) is 29.3 Å². The molecule has 0 bridgehead atoms. The van der Waals surface area contributed by atoms with Gasteiger partial charge in [0.15, 0.2) is 0 Å². The number of aryl methyl sites for hydroxylation is 1. The number of anilines is 1. The van der Waals surface area contributed by atoms with Gasteiger partial charge in [-0.05, 0) is 49.1 Å². The predicted octanol–water partition coefficient (Wildman–Crippen LogP) is 3.35. The van der Waals surface area contributed by atoms with E-state index in [-0.39, 0.29) is 5.54 Å². The number of hydrogen-bond donors (Lipinski definition) is 1. The van der Waals surface area contributed by atoms with Gasteiger partial charge in [0.25, 0.3) is 0 Å². The molecule has 0 aromatic heterocycles. The van der Waals surface area contributed by atoms with Gasteiger partial charge in [0.2, 0.25) is 0 Å². The molecule has 1 aliphatic carbocycles. The van der Waals surface area contributed by atoms with Gasteiger partial charge in [-0.15, -0.1) is 0 Å². The second-order valence-corrected chi connectivity index (χ2v) is 7.15. The van der Waals surface area contributed by atoms with Crippen molar-refractivity contribution in [1.29, 1.82) is 0 Å². The molecule has 3 rings (SSSR count). The summed E-state index contributed by atoms with van der Waals surface area (Å²) in [5.74, 6) is 0. The molecule has 19 heavy (non-hydrogen) atoms. The highest BCUT2D eigenvalue weighted by Gasteiger charge is 2.47. The first-order valence-corrected chi connectivity index (χ1v) is 7.62. The summed E-state index contributed by atoms with van der Waals surface area (Å²) in [5.41, 5.74) is 9.81. The van der Waals surface area contributed by atoms with E-state index >= 15 is 0 Å². The largest absolute Gasteiger partial charge is 0.364 e. The highest BCUT2D eigenvalue weighted by atomic mass is 15.2. The van der Waals surface area contributed by atoms with Crippen LogP contribution in [0.5, 0.6) is 0 Å². The minimum absolute atomic E-state index is 0.194. The number of para-hydroxylation sites is 1. The van der Waals surface area contributed by atoms with Gasteiger partial charge < -0.3 is 10.6 Å². The number of fused-ring (bicyclic) bond motifs is 1. The van der Waals surface area contributed by atoms with Gasteiger partial charge in [-0.3, -0.25) is 0 Å². The van der Waals surface area contributed by atoms with Crippen molar-refractivity contribution in [2.45, 2.75) is 51.5 Å². The molecular formula is C17H26N2. The van der Waals surface area contributed by atoms with Crippen LogP contribution in [-0.2, 0) is 6.42 Å². The molecule has 1 unspecified atom stereocenters. The minimum atomic E-state index is 0.194. The van der Waals surface area contributed by atoms with Gasteiger partial charge >= 0.3 is 0 Å². The van der Waals surface area contributed by atoms with Crippen molar-refractivity contribution in [2.75, 3.05) is 18.0 Å². The lowest BCUT2D eigenvalue weighted by molar-refractivity contribution is 0.321. The molecule has 104 valence electrons. The highest BCUT2D eigenvalue weighted by Crippen LogP contribution is 2.48. The molecule has 2 aliphatic rings. The standard InChI is InChI=1S/C17H26N2/c1-16(2)9-10-17(12-16,13-18)19-11-5-7-14-6-3-4-8-15(14)19/h3-4,6,8H,5,7,9-13,18H2,1-2H3.